The maximum Gasteiger partial charge on any atom is 0.0337 e. The average molecular weight is 256 g/mol. The Morgan fingerprint density at radius 2 is 2.00 bits per heavy atom. The van der Waals surface area contributed by atoms with Crippen LogP contribution in [0.4, 0.5) is 0 Å². The number of hydrogen-bond donors (Lipinski definition) is 1. The molecule has 0 bridgehead atoms. The maximum absolute atomic E-state index is 6.57. The SMILES string of the molecule is CC1CCC(C(N)C2CSCCN2C)CC1C. The highest BCUT2D eigenvalue weighted by molar-refractivity contribution is 7.99. The van der Waals surface area contributed by atoms with Crippen LogP contribution in [0, 0.1) is 17.8 Å². The van der Waals surface area contributed by atoms with Gasteiger partial charge in [-0.2, -0.15) is 11.8 Å². The normalized spacial score (nSPS) is 42.4. The van der Waals surface area contributed by atoms with Crippen LogP contribution in [0.1, 0.15) is 33.1 Å². The largest absolute Gasteiger partial charge is 0.326 e. The fourth-order valence-corrected chi connectivity index (χ4v) is 4.67. The Balaban J connectivity index is 1.92. The molecule has 0 aromatic heterocycles. The highest BCUT2D eigenvalue weighted by Crippen LogP contribution is 2.36. The van der Waals surface area contributed by atoms with E-state index in [9.17, 15) is 0 Å². The molecule has 1 saturated heterocycles. The molecular weight excluding hydrogens is 228 g/mol. The van der Waals surface area contributed by atoms with Gasteiger partial charge in [0, 0.05) is 30.1 Å². The van der Waals surface area contributed by atoms with E-state index >= 15 is 0 Å². The van der Waals surface area contributed by atoms with Crippen LogP contribution in [-0.4, -0.2) is 42.1 Å². The molecule has 1 aliphatic heterocycles. The summed E-state index contributed by atoms with van der Waals surface area (Å²) < 4.78 is 0. The predicted molar refractivity (Wildman–Crippen MR) is 77.4 cm³/mol. The van der Waals surface area contributed by atoms with Gasteiger partial charge in [0.15, 0.2) is 0 Å². The fraction of sp³-hybridized carbons (Fsp3) is 1.00. The van der Waals surface area contributed by atoms with Gasteiger partial charge < -0.3 is 10.6 Å². The molecule has 0 radical (unpaired) electrons. The third kappa shape index (κ3) is 3.18. The molecule has 0 aromatic rings. The standard InChI is InChI=1S/C14H28N2S/c1-10-4-5-12(8-11(10)2)14(15)13-9-17-7-6-16(13)3/h10-14H,4-9,15H2,1-3H3. The summed E-state index contributed by atoms with van der Waals surface area (Å²) >= 11 is 2.08. The molecule has 0 aromatic carbocycles. The van der Waals surface area contributed by atoms with E-state index in [2.05, 4.69) is 37.6 Å². The predicted octanol–water partition coefficient (Wildman–Crippen LogP) is 2.43. The van der Waals surface area contributed by atoms with Crippen LogP contribution < -0.4 is 5.73 Å². The zero-order valence-electron chi connectivity index (χ0n) is 11.6. The van der Waals surface area contributed by atoms with Crippen LogP contribution in [-0.2, 0) is 0 Å². The van der Waals surface area contributed by atoms with Crippen molar-refractivity contribution in [3.05, 3.63) is 0 Å². The molecule has 2 fully saturated rings. The zero-order chi connectivity index (χ0) is 12.4. The van der Waals surface area contributed by atoms with Crippen molar-refractivity contribution < 1.29 is 0 Å². The summed E-state index contributed by atoms with van der Waals surface area (Å²) in [5.74, 6) is 5.03. The summed E-state index contributed by atoms with van der Waals surface area (Å²) in [6, 6.07) is 1.00. The molecule has 100 valence electrons. The van der Waals surface area contributed by atoms with Gasteiger partial charge in [-0.15, -0.1) is 0 Å². The highest BCUT2D eigenvalue weighted by Gasteiger charge is 2.34. The zero-order valence-corrected chi connectivity index (χ0v) is 12.4. The van der Waals surface area contributed by atoms with E-state index in [4.69, 9.17) is 5.73 Å². The van der Waals surface area contributed by atoms with Gasteiger partial charge in [-0.25, -0.2) is 0 Å². The van der Waals surface area contributed by atoms with Crippen molar-refractivity contribution in [2.75, 3.05) is 25.1 Å². The molecule has 0 spiro atoms. The van der Waals surface area contributed by atoms with E-state index in [1.165, 1.54) is 37.3 Å². The monoisotopic (exact) mass is 256 g/mol. The van der Waals surface area contributed by atoms with Gasteiger partial charge in [-0.3, -0.25) is 0 Å². The van der Waals surface area contributed by atoms with Gasteiger partial charge in [-0.05, 0) is 37.6 Å². The van der Waals surface area contributed by atoms with E-state index in [-0.39, 0.29) is 0 Å². The lowest BCUT2D eigenvalue weighted by Gasteiger charge is -2.42. The molecule has 2 nitrogen and oxygen atoms in total. The molecule has 1 aliphatic carbocycles. The molecule has 1 saturated carbocycles. The molecule has 17 heavy (non-hydrogen) atoms. The van der Waals surface area contributed by atoms with Crippen LogP contribution in [0.25, 0.3) is 0 Å². The second-order valence-corrected chi connectivity index (χ2v) is 7.38. The smallest absolute Gasteiger partial charge is 0.0337 e. The van der Waals surface area contributed by atoms with Crippen LogP contribution in [0.15, 0.2) is 0 Å². The fourth-order valence-electron chi connectivity index (χ4n) is 3.36. The molecule has 2 rings (SSSR count). The first kappa shape index (κ1) is 13.7. The van der Waals surface area contributed by atoms with Crippen molar-refractivity contribution in [1.29, 1.82) is 0 Å². The Morgan fingerprint density at radius 3 is 2.65 bits per heavy atom. The maximum atomic E-state index is 6.57. The highest BCUT2D eigenvalue weighted by atomic mass is 32.2. The number of nitrogens with two attached hydrogens (primary N) is 1. The molecule has 5 unspecified atom stereocenters. The second kappa shape index (κ2) is 5.94. The first-order valence-electron chi connectivity index (χ1n) is 7.13. The minimum atomic E-state index is 0.391. The van der Waals surface area contributed by atoms with Crippen LogP contribution in [0.2, 0.25) is 0 Å². The van der Waals surface area contributed by atoms with E-state index in [0.717, 1.165) is 17.8 Å². The number of rotatable bonds is 2. The van der Waals surface area contributed by atoms with Crippen molar-refractivity contribution in [1.82, 2.24) is 4.90 Å². The van der Waals surface area contributed by atoms with Crippen molar-refractivity contribution in [3.63, 3.8) is 0 Å². The van der Waals surface area contributed by atoms with Crippen LogP contribution >= 0.6 is 11.8 Å². The third-order valence-corrected chi connectivity index (χ3v) is 6.12. The van der Waals surface area contributed by atoms with Crippen LogP contribution in [0.5, 0.6) is 0 Å². The summed E-state index contributed by atoms with van der Waals surface area (Å²) in [7, 11) is 2.25. The number of thioether (sulfide) groups is 1. The lowest BCUT2D eigenvalue weighted by atomic mass is 9.72. The van der Waals surface area contributed by atoms with E-state index in [1.807, 2.05) is 0 Å². The molecule has 0 amide bonds. The first-order valence-corrected chi connectivity index (χ1v) is 8.28. The summed E-state index contributed by atoms with van der Waals surface area (Å²) in [5.41, 5.74) is 6.57. The molecule has 5 atom stereocenters. The van der Waals surface area contributed by atoms with Crippen LogP contribution in [0.3, 0.4) is 0 Å². The number of likely N-dealkylation sites (N-methyl/N-ethyl adjacent to an activating group) is 1. The molecule has 3 heteroatoms. The van der Waals surface area contributed by atoms with Gasteiger partial charge in [0.1, 0.15) is 0 Å². The topological polar surface area (TPSA) is 29.3 Å². The molecule has 2 aliphatic rings. The van der Waals surface area contributed by atoms with Gasteiger partial charge in [-0.1, -0.05) is 20.3 Å². The van der Waals surface area contributed by atoms with Crippen molar-refractivity contribution in [2.24, 2.45) is 23.5 Å². The van der Waals surface area contributed by atoms with Gasteiger partial charge in [0.05, 0.1) is 0 Å². The molecular formula is C14H28N2S. The Hall–Kier alpha value is 0.270. The first-order chi connectivity index (χ1) is 8.09. The lowest BCUT2D eigenvalue weighted by molar-refractivity contribution is 0.134. The summed E-state index contributed by atoms with van der Waals surface area (Å²) in [6.07, 6.45) is 4.07. The number of nitrogens with zero attached hydrogens (tertiary/aromatic N) is 1. The lowest BCUT2D eigenvalue weighted by Crippen LogP contribution is -2.54. The summed E-state index contributed by atoms with van der Waals surface area (Å²) in [6.45, 7) is 6.01. The van der Waals surface area contributed by atoms with E-state index in [1.54, 1.807) is 0 Å². The Morgan fingerprint density at radius 1 is 1.24 bits per heavy atom. The third-order valence-electron chi connectivity index (χ3n) is 5.07. The average Bonchev–Trinajstić information content (AvgIpc) is 2.32. The van der Waals surface area contributed by atoms with Gasteiger partial charge in [0.25, 0.3) is 0 Å². The van der Waals surface area contributed by atoms with Gasteiger partial charge in [0.2, 0.25) is 0 Å². The number of hydrogen-bond acceptors (Lipinski definition) is 3. The minimum Gasteiger partial charge on any atom is -0.326 e. The second-order valence-electron chi connectivity index (χ2n) is 6.23. The van der Waals surface area contributed by atoms with Crippen molar-refractivity contribution in [3.8, 4) is 0 Å². The molecule has 1 heterocycles. The Labute approximate surface area is 111 Å². The molecule has 2 N–H and O–H groups in total. The van der Waals surface area contributed by atoms with E-state index in [0.29, 0.717) is 12.1 Å². The van der Waals surface area contributed by atoms with Gasteiger partial charge >= 0.3 is 0 Å². The summed E-state index contributed by atoms with van der Waals surface area (Å²) in [4.78, 5) is 2.49. The van der Waals surface area contributed by atoms with E-state index < -0.39 is 0 Å². The Bertz CT molecular complexity index is 246. The quantitative estimate of drug-likeness (QED) is 0.823. The Kier molecular flexibility index (Phi) is 4.79. The van der Waals surface area contributed by atoms with Crippen molar-refractivity contribution in [2.45, 2.75) is 45.2 Å². The summed E-state index contributed by atoms with van der Waals surface area (Å²) in [5, 5.41) is 0. The minimum absolute atomic E-state index is 0.391. The van der Waals surface area contributed by atoms with Crippen molar-refractivity contribution >= 4 is 11.8 Å².